The number of aryl methyl sites for hydroxylation is 3. The molecule has 3 aromatic rings. The Morgan fingerprint density at radius 3 is 2.48 bits per heavy atom. The van der Waals surface area contributed by atoms with Gasteiger partial charge in [0.05, 0.1) is 17.8 Å². The van der Waals surface area contributed by atoms with Gasteiger partial charge in [-0.3, -0.25) is 0 Å². The lowest BCUT2D eigenvalue weighted by molar-refractivity contribution is 0.980. The number of benzene rings is 2. The second-order valence-corrected chi connectivity index (χ2v) is 5.88. The average molecular weight is 330 g/mol. The monoisotopic (exact) mass is 330 g/mol. The highest BCUT2D eigenvalue weighted by Gasteiger charge is 2.07. The first-order valence-corrected chi connectivity index (χ1v) is 7.87. The highest BCUT2D eigenvalue weighted by Crippen LogP contribution is 2.25. The van der Waals surface area contributed by atoms with Crippen LogP contribution >= 0.6 is 0 Å². The molecule has 0 aliphatic heterocycles. The van der Waals surface area contributed by atoms with Gasteiger partial charge in [0.2, 0.25) is 5.95 Å². The molecule has 0 aliphatic carbocycles. The van der Waals surface area contributed by atoms with Crippen LogP contribution in [0.25, 0.3) is 0 Å². The zero-order chi connectivity index (χ0) is 17.8. The number of nitriles is 1. The first-order valence-electron chi connectivity index (χ1n) is 7.87. The molecule has 0 aliphatic rings. The van der Waals surface area contributed by atoms with Crippen molar-refractivity contribution < 1.29 is 0 Å². The van der Waals surface area contributed by atoms with E-state index in [1.807, 2.05) is 26.0 Å². The summed E-state index contributed by atoms with van der Waals surface area (Å²) >= 11 is 0. The van der Waals surface area contributed by atoms with Gasteiger partial charge in [-0.1, -0.05) is 23.8 Å². The first kappa shape index (κ1) is 16.4. The molecule has 0 atom stereocenters. The fourth-order valence-electron chi connectivity index (χ4n) is 2.72. The van der Waals surface area contributed by atoms with Gasteiger partial charge in [0.25, 0.3) is 0 Å². The lowest BCUT2D eigenvalue weighted by atomic mass is 10.1. The van der Waals surface area contributed by atoms with Gasteiger partial charge in [0, 0.05) is 11.4 Å². The maximum absolute atomic E-state index is 8.98. The highest BCUT2D eigenvalue weighted by molar-refractivity contribution is 5.65. The molecule has 2 N–H and O–H groups in total. The van der Waals surface area contributed by atoms with Crippen LogP contribution in [-0.4, -0.2) is 15.2 Å². The third-order valence-corrected chi connectivity index (χ3v) is 3.74. The van der Waals surface area contributed by atoms with Crippen molar-refractivity contribution in [1.29, 1.82) is 5.26 Å². The van der Waals surface area contributed by atoms with E-state index in [1.165, 1.54) is 5.56 Å². The summed E-state index contributed by atoms with van der Waals surface area (Å²) in [4.78, 5) is 4.44. The second-order valence-electron chi connectivity index (χ2n) is 5.88. The molecule has 6 heteroatoms. The lowest BCUT2D eigenvalue weighted by Crippen LogP contribution is -2.04. The van der Waals surface area contributed by atoms with E-state index in [0.29, 0.717) is 17.3 Å². The summed E-state index contributed by atoms with van der Waals surface area (Å²) in [6.07, 6.45) is 1.54. The minimum Gasteiger partial charge on any atom is -0.339 e. The molecule has 0 radical (unpaired) electrons. The van der Waals surface area contributed by atoms with Gasteiger partial charge in [0.15, 0.2) is 5.82 Å². The van der Waals surface area contributed by atoms with Crippen LogP contribution in [-0.2, 0) is 0 Å². The van der Waals surface area contributed by atoms with Crippen LogP contribution in [0.1, 0.15) is 22.3 Å². The van der Waals surface area contributed by atoms with Crippen LogP contribution in [0.15, 0.2) is 42.6 Å². The van der Waals surface area contributed by atoms with E-state index < -0.39 is 0 Å². The molecular weight excluding hydrogens is 312 g/mol. The van der Waals surface area contributed by atoms with Crippen molar-refractivity contribution in [3.63, 3.8) is 0 Å². The molecule has 0 fully saturated rings. The van der Waals surface area contributed by atoms with Crippen molar-refractivity contribution in [3.05, 3.63) is 64.8 Å². The summed E-state index contributed by atoms with van der Waals surface area (Å²) in [6, 6.07) is 13.5. The Kier molecular flexibility index (Phi) is 4.57. The predicted molar refractivity (Wildman–Crippen MR) is 98.2 cm³/mol. The zero-order valence-electron chi connectivity index (χ0n) is 14.3. The fourth-order valence-corrected chi connectivity index (χ4v) is 2.72. The maximum Gasteiger partial charge on any atom is 0.249 e. The Labute approximate surface area is 146 Å². The SMILES string of the molecule is Cc1cc(C)c(Nc2nncc(Nc3cccc(C#N)c3)n2)c(C)c1. The predicted octanol–water partition coefficient (Wildman–Crippen LogP) is 4.16. The van der Waals surface area contributed by atoms with E-state index in [4.69, 9.17) is 5.26 Å². The van der Waals surface area contributed by atoms with Crippen LogP contribution in [0, 0.1) is 32.1 Å². The minimum absolute atomic E-state index is 0.413. The van der Waals surface area contributed by atoms with E-state index in [9.17, 15) is 0 Å². The molecule has 0 amide bonds. The normalized spacial score (nSPS) is 10.2. The van der Waals surface area contributed by atoms with E-state index in [-0.39, 0.29) is 0 Å². The Hall–Kier alpha value is -3.46. The number of nitrogens with zero attached hydrogens (tertiary/aromatic N) is 4. The van der Waals surface area contributed by atoms with E-state index >= 15 is 0 Å². The van der Waals surface area contributed by atoms with Crippen molar-refractivity contribution in [2.75, 3.05) is 10.6 Å². The maximum atomic E-state index is 8.98. The fraction of sp³-hybridized carbons (Fsp3) is 0.158. The van der Waals surface area contributed by atoms with Crippen molar-refractivity contribution >= 4 is 23.1 Å². The summed E-state index contributed by atoms with van der Waals surface area (Å²) < 4.78 is 0. The topological polar surface area (TPSA) is 86.5 Å². The zero-order valence-corrected chi connectivity index (χ0v) is 14.3. The van der Waals surface area contributed by atoms with Crippen LogP contribution in [0.4, 0.5) is 23.1 Å². The van der Waals surface area contributed by atoms with Crippen LogP contribution < -0.4 is 10.6 Å². The van der Waals surface area contributed by atoms with E-state index in [1.54, 1.807) is 18.3 Å². The largest absolute Gasteiger partial charge is 0.339 e. The molecule has 1 heterocycles. The highest BCUT2D eigenvalue weighted by atomic mass is 15.3. The first-order chi connectivity index (χ1) is 12.0. The third kappa shape index (κ3) is 3.90. The minimum atomic E-state index is 0.413. The summed E-state index contributed by atoms with van der Waals surface area (Å²) in [5.41, 5.74) is 5.80. The van der Waals surface area contributed by atoms with Gasteiger partial charge in [-0.15, -0.1) is 5.10 Å². The summed E-state index contributed by atoms with van der Waals surface area (Å²) in [6.45, 7) is 6.16. The van der Waals surface area contributed by atoms with Crippen molar-refractivity contribution in [1.82, 2.24) is 15.2 Å². The summed E-state index contributed by atoms with van der Waals surface area (Å²) in [5, 5.41) is 23.4. The molecule has 0 saturated heterocycles. The van der Waals surface area contributed by atoms with Crippen LogP contribution in [0.2, 0.25) is 0 Å². The summed E-state index contributed by atoms with van der Waals surface area (Å²) in [7, 11) is 0. The van der Waals surface area contributed by atoms with Gasteiger partial charge in [0.1, 0.15) is 0 Å². The van der Waals surface area contributed by atoms with Crippen molar-refractivity contribution in [3.8, 4) is 6.07 Å². The molecule has 1 aromatic heterocycles. The van der Waals surface area contributed by atoms with Crippen molar-refractivity contribution in [2.45, 2.75) is 20.8 Å². The number of anilines is 4. The molecule has 0 saturated carbocycles. The number of hydrogen-bond acceptors (Lipinski definition) is 6. The summed E-state index contributed by atoms with van der Waals surface area (Å²) in [5.74, 6) is 0.964. The number of aromatic nitrogens is 3. The second kappa shape index (κ2) is 6.97. The number of rotatable bonds is 4. The molecule has 0 spiro atoms. The smallest absolute Gasteiger partial charge is 0.249 e. The quantitative estimate of drug-likeness (QED) is 0.747. The average Bonchev–Trinajstić information content (AvgIpc) is 2.58. The molecule has 6 nitrogen and oxygen atoms in total. The molecule has 124 valence electrons. The Balaban J connectivity index is 1.84. The van der Waals surface area contributed by atoms with Gasteiger partial charge in [-0.25, -0.2) is 0 Å². The third-order valence-electron chi connectivity index (χ3n) is 3.74. The number of nitrogens with one attached hydrogen (secondary N) is 2. The van der Waals surface area contributed by atoms with Crippen molar-refractivity contribution in [2.24, 2.45) is 0 Å². The van der Waals surface area contributed by atoms with Gasteiger partial charge >= 0.3 is 0 Å². The molecular formula is C19H18N6. The Bertz CT molecular complexity index is 935. The van der Waals surface area contributed by atoms with Gasteiger partial charge in [-0.05, 0) is 50.1 Å². The Morgan fingerprint density at radius 1 is 1.00 bits per heavy atom. The van der Waals surface area contributed by atoms with Gasteiger partial charge in [-0.2, -0.15) is 15.3 Å². The molecule has 0 bridgehead atoms. The number of hydrogen-bond donors (Lipinski definition) is 2. The van der Waals surface area contributed by atoms with Crippen LogP contribution in [0.3, 0.4) is 0 Å². The van der Waals surface area contributed by atoms with Gasteiger partial charge < -0.3 is 10.6 Å². The Morgan fingerprint density at radius 2 is 1.76 bits per heavy atom. The van der Waals surface area contributed by atoms with E-state index in [2.05, 4.69) is 50.9 Å². The van der Waals surface area contributed by atoms with Crippen LogP contribution in [0.5, 0.6) is 0 Å². The standard InChI is InChI=1S/C19H18N6/c1-12-7-13(2)18(14(3)8-12)24-19-23-17(11-21-25-19)22-16-6-4-5-15(9-16)10-20/h4-9,11H,1-3H3,(H2,22,23,24,25). The lowest BCUT2D eigenvalue weighted by Gasteiger charge is -2.13. The molecule has 25 heavy (non-hydrogen) atoms. The van der Waals surface area contributed by atoms with E-state index in [0.717, 1.165) is 22.5 Å². The molecule has 3 rings (SSSR count). The molecule has 0 unspecified atom stereocenters. The molecule has 2 aromatic carbocycles.